The highest BCUT2D eigenvalue weighted by molar-refractivity contribution is 6.43. The summed E-state index contributed by atoms with van der Waals surface area (Å²) in [6.45, 7) is 4.08. The van der Waals surface area contributed by atoms with E-state index in [9.17, 15) is 0 Å². The summed E-state index contributed by atoms with van der Waals surface area (Å²) in [5, 5.41) is 0.986. The second-order valence-corrected chi connectivity index (χ2v) is 5.06. The van der Waals surface area contributed by atoms with Gasteiger partial charge in [0.2, 0.25) is 0 Å². The van der Waals surface area contributed by atoms with Crippen LogP contribution in [-0.4, -0.2) is 9.97 Å². The van der Waals surface area contributed by atoms with Gasteiger partial charge >= 0.3 is 0 Å². The predicted octanol–water partition coefficient (Wildman–Crippen LogP) is 4.16. The van der Waals surface area contributed by atoms with Gasteiger partial charge in [0, 0.05) is 11.1 Å². The lowest BCUT2D eigenvalue weighted by Crippen LogP contribution is -2.04. The minimum Gasteiger partial charge on any atom is -0.383 e. The number of rotatable bonds is 2. The Balaban J connectivity index is 2.72. The Morgan fingerprint density at radius 1 is 1.17 bits per heavy atom. The van der Waals surface area contributed by atoms with Crippen molar-refractivity contribution in [3.63, 3.8) is 0 Å². The highest BCUT2D eigenvalue weighted by Crippen LogP contribution is 2.37. The quantitative estimate of drug-likeness (QED) is 0.899. The fraction of sp³-hybridized carbons (Fsp3) is 0.231. The lowest BCUT2D eigenvalue weighted by atomic mass is 9.97. The number of hydrogen-bond acceptors (Lipinski definition) is 3. The van der Waals surface area contributed by atoms with Crippen LogP contribution in [0, 0.1) is 0 Å². The molecule has 2 N–H and O–H groups in total. The van der Waals surface area contributed by atoms with E-state index in [-0.39, 0.29) is 5.92 Å². The molecule has 0 saturated carbocycles. The van der Waals surface area contributed by atoms with E-state index < -0.39 is 0 Å². The maximum absolute atomic E-state index is 6.22. The summed E-state index contributed by atoms with van der Waals surface area (Å²) in [6.07, 6.45) is 1.44. The Labute approximate surface area is 116 Å². The zero-order valence-electron chi connectivity index (χ0n) is 10.1. The lowest BCUT2D eigenvalue weighted by molar-refractivity contribution is 0.855. The first-order valence-electron chi connectivity index (χ1n) is 5.57. The molecule has 0 aliphatic rings. The molecule has 0 aliphatic carbocycles. The summed E-state index contributed by atoms with van der Waals surface area (Å²) in [7, 11) is 0. The van der Waals surface area contributed by atoms with Crippen LogP contribution in [0.5, 0.6) is 0 Å². The van der Waals surface area contributed by atoms with Crippen molar-refractivity contribution in [1.82, 2.24) is 9.97 Å². The zero-order valence-corrected chi connectivity index (χ0v) is 11.6. The summed E-state index contributed by atoms with van der Waals surface area (Å²) in [5.74, 6) is 0.683. The van der Waals surface area contributed by atoms with Crippen molar-refractivity contribution in [2.75, 3.05) is 5.73 Å². The first-order valence-corrected chi connectivity index (χ1v) is 6.32. The second kappa shape index (κ2) is 5.12. The molecule has 94 valence electrons. The molecule has 1 aromatic heterocycles. The van der Waals surface area contributed by atoms with E-state index in [2.05, 4.69) is 9.97 Å². The first-order chi connectivity index (χ1) is 8.52. The van der Waals surface area contributed by atoms with Crippen LogP contribution in [0.3, 0.4) is 0 Å². The van der Waals surface area contributed by atoms with E-state index in [1.54, 1.807) is 6.07 Å². The fourth-order valence-corrected chi connectivity index (χ4v) is 2.27. The molecule has 0 atom stereocenters. The molecule has 18 heavy (non-hydrogen) atoms. The third-order valence-electron chi connectivity index (χ3n) is 2.70. The molecule has 0 fully saturated rings. The molecule has 0 spiro atoms. The van der Waals surface area contributed by atoms with Crippen LogP contribution in [-0.2, 0) is 0 Å². The Hall–Kier alpha value is -1.32. The molecule has 0 aliphatic heterocycles. The van der Waals surface area contributed by atoms with Gasteiger partial charge in [0.1, 0.15) is 12.1 Å². The van der Waals surface area contributed by atoms with Crippen molar-refractivity contribution in [3.05, 3.63) is 40.1 Å². The molecule has 0 radical (unpaired) electrons. The summed E-state index contributed by atoms with van der Waals surface area (Å²) < 4.78 is 0. The SMILES string of the molecule is CC(C)c1c(N)ncnc1-c1cccc(Cl)c1Cl. The lowest BCUT2D eigenvalue weighted by Gasteiger charge is -2.14. The van der Waals surface area contributed by atoms with Crippen LogP contribution in [0.15, 0.2) is 24.5 Å². The van der Waals surface area contributed by atoms with Gasteiger partial charge in [0.25, 0.3) is 0 Å². The van der Waals surface area contributed by atoms with Gasteiger partial charge in [-0.05, 0) is 12.0 Å². The van der Waals surface area contributed by atoms with E-state index in [4.69, 9.17) is 28.9 Å². The van der Waals surface area contributed by atoms with Gasteiger partial charge < -0.3 is 5.73 Å². The van der Waals surface area contributed by atoms with Gasteiger partial charge in [0.05, 0.1) is 15.7 Å². The van der Waals surface area contributed by atoms with Gasteiger partial charge in [0.15, 0.2) is 0 Å². The third kappa shape index (κ3) is 2.28. The van der Waals surface area contributed by atoms with E-state index in [1.165, 1.54) is 6.33 Å². The van der Waals surface area contributed by atoms with Crippen molar-refractivity contribution < 1.29 is 0 Å². The van der Waals surface area contributed by atoms with Crippen molar-refractivity contribution >= 4 is 29.0 Å². The largest absolute Gasteiger partial charge is 0.383 e. The number of nitrogens with zero attached hydrogens (tertiary/aromatic N) is 2. The molecule has 1 heterocycles. The molecule has 1 aromatic carbocycles. The number of hydrogen-bond donors (Lipinski definition) is 1. The molecular weight excluding hydrogens is 269 g/mol. The van der Waals surface area contributed by atoms with Crippen LogP contribution >= 0.6 is 23.2 Å². The van der Waals surface area contributed by atoms with Crippen LogP contribution in [0.25, 0.3) is 11.3 Å². The Bertz CT molecular complexity index is 582. The van der Waals surface area contributed by atoms with Gasteiger partial charge in [-0.15, -0.1) is 0 Å². The molecule has 5 heteroatoms. The van der Waals surface area contributed by atoms with Crippen molar-refractivity contribution in [1.29, 1.82) is 0 Å². The zero-order chi connectivity index (χ0) is 13.3. The number of halogens is 2. The van der Waals surface area contributed by atoms with E-state index in [1.807, 2.05) is 26.0 Å². The van der Waals surface area contributed by atoms with Gasteiger partial charge in [-0.3, -0.25) is 0 Å². The standard InChI is InChI=1S/C13H13Cl2N3/c1-7(2)10-12(17-6-18-13(10)16)8-4-3-5-9(14)11(8)15/h3-7H,1-2H3,(H2,16,17,18). The van der Waals surface area contributed by atoms with Crippen LogP contribution < -0.4 is 5.73 Å². The topological polar surface area (TPSA) is 51.8 Å². The molecule has 3 nitrogen and oxygen atoms in total. The van der Waals surface area contributed by atoms with Gasteiger partial charge in [-0.25, -0.2) is 9.97 Å². The van der Waals surface area contributed by atoms with Crippen molar-refractivity contribution in [3.8, 4) is 11.3 Å². The summed E-state index contributed by atoms with van der Waals surface area (Å²) in [6, 6.07) is 5.46. The summed E-state index contributed by atoms with van der Waals surface area (Å²) >= 11 is 12.3. The smallest absolute Gasteiger partial charge is 0.130 e. The number of anilines is 1. The average Bonchev–Trinajstić information content (AvgIpc) is 2.32. The van der Waals surface area contributed by atoms with Crippen LogP contribution in [0.4, 0.5) is 5.82 Å². The Kier molecular flexibility index (Phi) is 3.73. The maximum Gasteiger partial charge on any atom is 0.130 e. The maximum atomic E-state index is 6.22. The summed E-state index contributed by atoms with van der Waals surface area (Å²) in [4.78, 5) is 8.33. The highest BCUT2D eigenvalue weighted by atomic mass is 35.5. The highest BCUT2D eigenvalue weighted by Gasteiger charge is 2.17. The fourth-order valence-electron chi connectivity index (χ4n) is 1.88. The molecule has 0 saturated heterocycles. The van der Waals surface area contributed by atoms with Crippen LogP contribution in [0.2, 0.25) is 10.0 Å². The van der Waals surface area contributed by atoms with Crippen molar-refractivity contribution in [2.45, 2.75) is 19.8 Å². The van der Waals surface area contributed by atoms with E-state index >= 15 is 0 Å². The first kappa shape index (κ1) is 13.1. The van der Waals surface area contributed by atoms with Gasteiger partial charge in [-0.2, -0.15) is 0 Å². The molecule has 0 amide bonds. The Morgan fingerprint density at radius 3 is 2.56 bits per heavy atom. The number of benzene rings is 1. The van der Waals surface area contributed by atoms with E-state index in [0.29, 0.717) is 15.9 Å². The molecule has 2 rings (SSSR count). The number of nitrogen functional groups attached to an aromatic ring is 1. The summed E-state index contributed by atoms with van der Waals surface area (Å²) in [5.41, 5.74) is 8.33. The minimum atomic E-state index is 0.205. The minimum absolute atomic E-state index is 0.205. The molecule has 2 aromatic rings. The predicted molar refractivity (Wildman–Crippen MR) is 76.0 cm³/mol. The third-order valence-corrected chi connectivity index (χ3v) is 3.52. The monoisotopic (exact) mass is 281 g/mol. The molecule has 0 bridgehead atoms. The normalized spacial score (nSPS) is 10.9. The van der Waals surface area contributed by atoms with Gasteiger partial charge in [-0.1, -0.05) is 49.2 Å². The van der Waals surface area contributed by atoms with E-state index in [0.717, 1.165) is 16.8 Å². The number of aromatic nitrogens is 2. The average molecular weight is 282 g/mol. The Morgan fingerprint density at radius 2 is 1.89 bits per heavy atom. The van der Waals surface area contributed by atoms with Crippen molar-refractivity contribution in [2.24, 2.45) is 0 Å². The van der Waals surface area contributed by atoms with Crippen LogP contribution in [0.1, 0.15) is 25.3 Å². The molecule has 0 unspecified atom stereocenters. The molecular formula is C13H13Cl2N3. The number of nitrogens with two attached hydrogens (primary N) is 1. The second-order valence-electron chi connectivity index (χ2n) is 4.28.